The van der Waals surface area contributed by atoms with E-state index in [9.17, 15) is 4.79 Å². The van der Waals surface area contributed by atoms with Crippen LogP contribution < -0.4 is 4.74 Å². The van der Waals surface area contributed by atoms with Crippen molar-refractivity contribution in [1.29, 1.82) is 0 Å². The van der Waals surface area contributed by atoms with E-state index in [1.165, 1.54) is 5.56 Å². The van der Waals surface area contributed by atoms with Gasteiger partial charge in [0.15, 0.2) is 0 Å². The van der Waals surface area contributed by atoms with E-state index >= 15 is 0 Å². The first-order valence-electron chi connectivity index (χ1n) is 4.54. The monoisotopic (exact) mass is 212 g/mol. The third-order valence-corrected chi connectivity index (χ3v) is 1.84. The highest BCUT2D eigenvalue weighted by atomic mass is 35.5. The van der Waals surface area contributed by atoms with Crippen LogP contribution in [0, 0.1) is 5.92 Å². The van der Waals surface area contributed by atoms with Gasteiger partial charge in [-0.05, 0) is 30.0 Å². The highest BCUT2D eigenvalue weighted by Crippen LogP contribution is 2.15. The van der Waals surface area contributed by atoms with Gasteiger partial charge in [0, 0.05) is 11.6 Å². The van der Waals surface area contributed by atoms with Crippen molar-refractivity contribution < 1.29 is 9.53 Å². The van der Waals surface area contributed by atoms with E-state index < -0.39 is 5.43 Å². The molecule has 0 radical (unpaired) electrons. The second kappa shape index (κ2) is 5.01. The zero-order valence-electron chi connectivity index (χ0n) is 8.29. The molecule has 0 unspecified atom stereocenters. The quantitative estimate of drug-likeness (QED) is 0.716. The van der Waals surface area contributed by atoms with Gasteiger partial charge in [0.05, 0.1) is 0 Å². The largest absolute Gasteiger partial charge is 0.415 e. The zero-order chi connectivity index (χ0) is 10.6. The molecule has 0 spiro atoms. The topological polar surface area (TPSA) is 26.3 Å². The lowest BCUT2D eigenvalue weighted by Crippen LogP contribution is -1.97. The van der Waals surface area contributed by atoms with Crippen LogP contribution in [0.2, 0.25) is 0 Å². The molecule has 2 nitrogen and oxygen atoms in total. The molecule has 0 aliphatic heterocycles. The fourth-order valence-electron chi connectivity index (χ4n) is 1.26. The highest BCUT2D eigenvalue weighted by Gasteiger charge is 2.01. The number of ether oxygens (including phenoxy) is 1. The van der Waals surface area contributed by atoms with Gasteiger partial charge in [-0.15, -0.1) is 0 Å². The Morgan fingerprint density at radius 1 is 1.36 bits per heavy atom. The Kier molecular flexibility index (Phi) is 3.96. The summed E-state index contributed by atoms with van der Waals surface area (Å²) in [7, 11) is 0. The summed E-state index contributed by atoms with van der Waals surface area (Å²) in [6, 6.07) is 7.38. The Bertz CT molecular complexity index is 304. The normalized spacial score (nSPS) is 10.3. The van der Waals surface area contributed by atoms with Crippen molar-refractivity contribution in [2.45, 2.75) is 20.3 Å². The standard InChI is InChI=1S/C11H13ClO2/c1-8(2)7-9-3-5-10(6-4-9)14-11(12)13/h3-6,8H,7H2,1-2H3. The van der Waals surface area contributed by atoms with Crippen LogP contribution in [0.15, 0.2) is 24.3 Å². The van der Waals surface area contributed by atoms with Crippen molar-refractivity contribution in [3.05, 3.63) is 29.8 Å². The van der Waals surface area contributed by atoms with Crippen molar-refractivity contribution in [3.63, 3.8) is 0 Å². The second-order valence-electron chi connectivity index (χ2n) is 3.58. The van der Waals surface area contributed by atoms with Crippen molar-refractivity contribution in [1.82, 2.24) is 0 Å². The van der Waals surface area contributed by atoms with Gasteiger partial charge in [-0.2, -0.15) is 0 Å². The molecular formula is C11H13ClO2. The van der Waals surface area contributed by atoms with Crippen molar-refractivity contribution in [2.75, 3.05) is 0 Å². The Balaban J connectivity index is 2.63. The van der Waals surface area contributed by atoms with Gasteiger partial charge >= 0.3 is 5.43 Å². The van der Waals surface area contributed by atoms with Gasteiger partial charge in [-0.3, -0.25) is 0 Å². The van der Waals surface area contributed by atoms with Crippen molar-refractivity contribution in [3.8, 4) is 5.75 Å². The summed E-state index contributed by atoms with van der Waals surface area (Å²) in [5.41, 5.74) is 0.427. The molecule has 0 N–H and O–H groups in total. The van der Waals surface area contributed by atoms with Crippen molar-refractivity contribution in [2.24, 2.45) is 5.92 Å². The molecule has 0 saturated heterocycles. The Labute approximate surface area is 88.8 Å². The number of halogens is 1. The van der Waals surface area contributed by atoms with E-state index in [0.29, 0.717) is 11.7 Å². The minimum Gasteiger partial charge on any atom is -0.415 e. The SMILES string of the molecule is CC(C)Cc1ccc(OC(=O)Cl)cc1. The maximum atomic E-state index is 10.4. The van der Waals surface area contributed by atoms with Crippen LogP contribution in [-0.2, 0) is 6.42 Å². The van der Waals surface area contributed by atoms with Crippen LogP contribution in [0.25, 0.3) is 0 Å². The smallest absolute Gasteiger partial charge is 0.409 e. The molecule has 0 saturated carbocycles. The maximum absolute atomic E-state index is 10.4. The maximum Gasteiger partial charge on any atom is 0.409 e. The van der Waals surface area contributed by atoms with Gasteiger partial charge in [0.2, 0.25) is 0 Å². The average Bonchev–Trinajstić information content (AvgIpc) is 2.06. The molecule has 14 heavy (non-hydrogen) atoms. The fourth-order valence-corrected chi connectivity index (χ4v) is 1.35. The summed E-state index contributed by atoms with van der Waals surface area (Å²) in [6.07, 6.45) is 1.02. The third-order valence-electron chi connectivity index (χ3n) is 1.77. The van der Waals surface area contributed by atoms with Gasteiger partial charge in [-0.1, -0.05) is 26.0 Å². The minimum absolute atomic E-state index is 0.484. The van der Waals surface area contributed by atoms with E-state index in [0.717, 1.165) is 6.42 Å². The number of hydrogen-bond acceptors (Lipinski definition) is 2. The molecule has 0 bridgehead atoms. The molecule has 0 aromatic heterocycles. The first-order chi connectivity index (χ1) is 6.58. The molecule has 1 aromatic rings. The summed E-state index contributed by atoms with van der Waals surface area (Å²) in [5.74, 6) is 1.11. The second-order valence-corrected chi connectivity index (χ2v) is 3.89. The lowest BCUT2D eigenvalue weighted by molar-refractivity contribution is 0.225. The Morgan fingerprint density at radius 3 is 2.36 bits per heavy atom. The van der Waals surface area contributed by atoms with Crippen molar-refractivity contribution >= 4 is 17.0 Å². The number of carbonyl (C=O) groups excluding carboxylic acids is 1. The van der Waals surface area contributed by atoms with Crippen LogP contribution in [0.5, 0.6) is 5.75 Å². The zero-order valence-corrected chi connectivity index (χ0v) is 9.04. The first kappa shape index (κ1) is 11.1. The summed E-state index contributed by atoms with van der Waals surface area (Å²) in [6.45, 7) is 4.32. The highest BCUT2D eigenvalue weighted by molar-refractivity contribution is 6.61. The predicted octanol–water partition coefficient (Wildman–Crippen LogP) is 3.62. The molecule has 76 valence electrons. The molecule has 0 aliphatic rings. The molecule has 1 rings (SSSR count). The molecule has 0 atom stereocenters. The van der Waals surface area contributed by atoms with E-state index in [4.69, 9.17) is 16.3 Å². The van der Waals surface area contributed by atoms with Gasteiger partial charge in [-0.25, -0.2) is 4.79 Å². The fraction of sp³-hybridized carbons (Fsp3) is 0.364. The van der Waals surface area contributed by atoms with Crippen LogP contribution in [0.4, 0.5) is 4.79 Å². The van der Waals surface area contributed by atoms with E-state index in [2.05, 4.69) is 13.8 Å². The number of carbonyl (C=O) groups is 1. The van der Waals surface area contributed by atoms with Gasteiger partial charge in [0.1, 0.15) is 5.75 Å². The third kappa shape index (κ3) is 3.79. The molecule has 0 heterocycles. The molecular weight excluding hydrogens is 200 g/mol. The summed E-state index contributed by atoms with van der Waals surface area (Å²) in [4.78, 5) is 10.4. The van der Waals surface area contributed by atoms with Gasteiger partial charge < -0.3 is 4.74 Å². The Hall–Kier alpha value is -1.02. The molecule has 3 heteroatoms. The Morgan fingerprint density at radius 2 is 1.93 bits per heavy atom. The van der Waals surface area contributed by atoms with E-state index in [-0.39, 0.29) is 0 Å². The summed E-state index contributed by atoms with van der Waals surface area (Å²) in [5, 5.41) is 0. The van der Waals surface area contributed by atoms with Gasteiger partial charge in [0.25, 0.3) is 0 Å². The summed E-state index contributed by atoms with van der Waals surface area (Å²) >= 11 is 5.08. The number of rotatable bonds is 3. The molecule has 0 amide bonds. The van der Waals surface area contributed by atoms with Crippen LogP contribution in [0.1, 0.15) is 19.4 Å². The first-order valence-corrected chi connectivity index (χ1v) is 4.92. The molecule has 1 aromatic carbocycles. The van der Waals surface area contributed by atoms with Crippen LogP contribution >= 0.6 is 11.6 Å². The molecule has 0 aliphatic carbocycles. The molecule has 0 fully saturated rings. The van der Waals surface area contributed by atoms with E-state index in [1.54, 1.807) is 12.1 Å². The summed E-state index contributed by atoms with van der Waals surface area (Å²) < 4.78 is 4.70. The van der Waals surface area contributed by atoms with E-state index in [1.807, 2.05) is 12.1 Å². The lowest BCUT2D eigenvalue weighted by Gasteiger charge is -2.05. The average molecular weight is 213 g/mol. The minimum atomic E-state index is -0.804. The predicted molar refractivity (Wildman–Crippen MR) is 56.9 cm³/mol. The van der Waals surface area contributed by atoms with Crippen LogP contribution in [0.3, 0.4) is 0 Å². The number of hydrogen-bond donors (Lipinski definition) is 0. The number of benzene rings is 1. The van der Waals surface area contributed by atoms with Crippen LogP contribution in [-0.4, -0.2) is 5.43 Å². The lowest BCUT2D eigenvalue weighted by atomic mass is 10.0.